The van der Waals surface area contributed by atoms with E-state index in [1.54, 1.807) is 0 Å². The molecule has 4 rings (SSSR count). The number of Topliss-reactive ketones (excluding diaryl/α,β-unsaturated/α-hetero) is 1. The first kappa shape index (κ1) is 25.1. The molecule has 35 heavy (non-hydrogen) atoms. The van der Waals surface area contributed by atoms with E-state index in [2.05, 4.69) is 31.9 Å². The van der Waals surface area contributed by atoms with Gasteiger partial charge in [0.05, 0.1) is 16.8 Å². The Balaban J connectivity index is 1.69. The molecule has 182 valence electrons. The first-order valence-electron chi connectivity index (χ1n) is 10.6. The van der Waals surface area contributed by atoms with Crippen molar-refractivity contribution in [2.45, 2.75) is 22.5 Å². The van der Waals surface area contributed by atoms with Crippen LogP contribution in [0.5, 0.6) is 0 Å². The van der Waals surface area contributed by atoms with Crippen LogP contribution < -0.4 is 0 Å². The third kappa shape index (κ3) is 4.90. The summed E-state index contributed by atoms with van der Waals surface area (Å²) in [7, 11) is 0. The highest BCUT2D eigenvalue weighted by atomic mass is 79.9. The fourth-order valence-electron chi connectivity index (χ4n) is 4.29. The highest BCUT2D eigenvalue weighted by Crippen LogP contribution is 2.43. The van der Waals surface area contributed by atoms with Gasteiger partial charge in [-0.25, -0.2) is 9.40 Å². The van der Waals surface area contributed by atoms with E-state index in [1.165, 1.54) is 24.3 Å². The minimum absolute atomic E-state index is 0.0466. The molecule has 4 atom stereocenters. The molecule has 2 fully saturated rings. The summed E-state index contributed by atoms with van der Waals surface area (Å²) in [5.74, 6) is -4.52. The number of nitrogens with zero attached hydrogens (tertiary/aromatic N) is 3. The standard InChI is InChI=1S/C23H18Br2FN3O6/c24-18-9-16-17(10-19(18)25)23(33)28(22(16)32)27(11-20(30)12-1-5-14(26)6-2-12)21(31)13-3-7-15(8-4-13)29(34)35/h1-8,16-19H,9-11H2/t16-,17+,18-,19-/m0/s1. The molecule has 0 N–H and O–H groups in total. The number of imide groups is 1. The van der Waals surface area contributed by atoms with Gasteiger partial charge >= 0.3 is 0 Å². The van der Waals surface area contributed by atoms with Crippen LogP contribution in [0.25, 0.3) is 0 Å². The summed E-state index contributed by atoms with van der Waals surface area (Å²) >= 11 is 7.01. The normalized spacial score (nSPS) is 23.7. The first-order chi connectivity index (χ1) is 16.6. The number of amides is 3. The lowest BCUT2D eigenvalue weighted by molar-refractivity contribution is -0.384. The highest BCUT2D eigenvalue weighted by Gasteiger charge is 2.54. The predicted molar refractivity (Wildman–Crippen MR) is 128 cm³/mol. The second-order valence-electron chi connectivity index (χ2n) is 8.30. The third-order valence-corrected chi connectivity index (χ3v) is 8.88. The number of hydrazine groups is 1. The molecular formula is C23H18Br2FN3O6. The molecule has 2 aromatic rings. The number of ketones is 1. The highest BCUT2D eigenvalue weighted by molar-refractivity contribution is 9.12. The lowest BCUT2D eigenvalue weighted by Gasteiger charge is -2.30. The zero-order chi connectivity index (χ0) is 25.4. The van der Waals surface area contributed by atoms with Crippen LogP contribution in [0, 0.1) is 27.8 Å². The molecule has 2 aromatic carbocycles. The molecule has 1 heterocycles. The number of non-ortho nitro benzene ring substituents is 1. The van der Waals surface area contributed by atoms with Crippen molar-refractivity contribution < 1.29 is 28.5 Å². The molecular weight excluding hydrogens is 593 g/mol. The van der Waals surface area contributed by atoms with E-state index in [9.17, 15) is 33.7 Å². The summed E-state index contributed by atoms with van der Waals surface area (Å²) in [5, 5.41) is 12.5. The van der Waals surface area contributed by atoms with Gasteiger partial charge in [0.15, 0.2) is 5.78 Å². The number of fused-ring (bicyclic) bond motifs is 1. The number of benzene rings is 2. The SMILES string of the molecule is O=C(CN(C(=O)c1ccc([N+](=O)[O-])cc1)N1C(=O)[C@H]2C[C@H](Br)[C@@H](Br)C[C@H]2C1=O)c1ccc(F)cc1. The first-order valence-corrected chi connectivity index (χ1v) is 12.4. The summed E-state index contributed by atoms with van der Waals surface area (Å²) in [6, 6.07) is 9.27. The van der Waals surface area contributed by atoms with Gasteiger partial charge < -0.3 is 0 Å². The quantitative estimate of drug-likeness (QED) is 0.161. The minimum Gasteiger partial charge on any atom is -0.292 e. The van der Waals surface area contributed by atoms with E-state index in [4.69, 9.17) is 0 Å². The van der Waals surface area contributed by atoms with Crippen LogP contribution in [0.1, 0.15) is 33.6 Å². The number of nitro benzene ring substituents is 1. The van der Waals surface area contributed by atoms with Gasteiger partial charge in [-0.15, -0.1) is 0 Å². The summed E-state index contributed by atoms with van der Waals surface area (Å²) < 4.78 is 13.3. The molecule has 2 aliphatic rings. The topological polar surface area (TPSA) is 118 Å². The summed E-state index contributed by atoms with van der Waals surface area (Å²) in [6.45, 7) is -0.659. The average molecular weight is 611 g/mol. The molecule has 9 nitrogen and oxygen atoms in total. The molecule has 12 heteroatoms. The van der Waals surface area contributed by atoms with Crippen molar-refractivity contribution in [3.63, 3.8) is 0 Å². The van der Waals surface area contributed by atoms with Gasteiger partial charge in [-0.1, -0.05) is 31.9 Å². The van der Waals surface area contributed by atoms with Gasteiger partial charge in [0.25, 0.3) is 23.4 Å². The van der Waals surface area contributed by atoms with Crippen LogP contribution in [0.15, 0.2) is 48.5 Å². The lowest BCUT2D eigenvalue weighted by Crippen LogP contribution is -2.52. The molecule has 1 aliphatic heterocycles. The zero-order valence-corrected chi connectivity index (χ0v) is 21.1. The monoisotopic (exact) mass is 609 g/mol. The Bertz CT molecular complexity index is 1180. The Hall–Kier alpha value is -2.99. The van der Waals surface area contributed by atoms with Gasteiger partial charge in [-0.05, 0) is 49.2 Å². The summed E-state index contributed by atoms with van der Waals surface area (Å²) in [5.41, 5.74) is -0.207. The molecule has 1 saturated carbocycles. The Morgan fingerprint density at radius 2 is 1.43 bits per heavy atom. The predicted octanol–water partition coefficient (Wildman–Crippen LogP) is 3.90. The Morgan fingerprint density at radius 1 is 0.943 bits per heavy atom. The molecule has 1 aliphatic carbocycles. The number of rotatable bonds is 6. The van der Waals surface area contributed by atoms with E-state index in [1.807, 2.05) is 0 Å². The molecule has 0 unspecified atom stereocenters. The van der Waals surface area contributed by atoms with Gasteiger partial charge in [0.1, 0.15) is 12.4 Å². The van der Waals surface area contributed by atoms with Crippen molar-refractivity contribution in [2.24, 2.45) is 11.8 Å². The number of hydrogen-bond donors (Lipinski definition) is 0. The Kier molecular flexibility index (Phi) is 7.13. The number of carbonyl (C=O) groups is 4. The van der Waals surface area contributed by atoms with E-state index < -0.39 is 52.6 Å². The summed E-state index contributed by atoms with van der Waals surface area (Å²) in [6.07, 6.45) is 0.736. The van der Waals surface area contributed by atoms with Gasteiger partial charge in [0, 0.05) is 32.9 Å². The minimum atomic E-state index is -0.846. The molecule has 0 bridgehead atoms. The van der Waals surface area contributed by atoms with E-state index >= 15 is 0 Å². The number of alkyl halides is 2. The van der Waals surface area contributed by atoms with E-state index in [0.717, 1.165) is 34.3 Å². The second-order valence-corrected chi connectivity index (χ2v) is 10.7. The van der Waals surface area contributed by atoms with Crippen LogP contribution in [0.4, 0.5) is 10.1 Å². The maximum Gasteiger partial charge on any atom is 0.273 e. The molecule has 0 radical (unpaired) electrons. The fourth-order valence-corrected chi connectivity index (χ4v) is 5.52. The van der Waals surface area contributed by atoms with Crippen molar-refractivity contribution in [1.82, 2.24) is 10.0 Å². The van der Waals surface area contributed by atoms with Crippen LogP contribution in [-0.4, -0.2) is 54.6 Å². The van der Waals surface area contributed by atoms with Crippen molar-refractivity contribution in [3.8, 4) is 0 Å². The molecule has 0 spiro atoms. The average Bonchev–Trinajstić information content (AvgIpc) is 3.06. The number of hydrogen-bond acceptors (Lipinski definition) is 6. The second kappa shape index (κ2) is 9.94. The molecule has 3 amide bonds. The number of carbonyl (C=O) groups excluding carboxylic acids is 4. The fraction of sp³-hybridized carbons (Fsp3) is 0.304. The maximum absolute atomic E-state index is 13.4. The van der Waals surface area contributed by atoms with Gasteiger partial charge in [-0.2, -0.15) is 5.01 Å². The third-order valence-electron chi connectivity index (χ3n) is 6.15. The number of nitro groups is 1. The Morgan fingerprint density at radius 3 is 1.91 bits per heavy atom. The van der Waals surface area contributed by atoms with Crippen LogP contribution in [-0.2, 0) is 9.59 Å². The van der Waals surface area contributed by atoms with E-state index in [-0.39, 0.29) is 26.5 Å². The maximum atomic E-state index is 13.4. The molecule has 1 saturated heterocycles. The molecule has 0 aromatic heterocycles. The van der Waals surface area contributed by atoms with Crippen molar-refractivity contribution >= 4 is 61.1 Å². The summed E-state index contributed by atoms with van der Waals surface area (Å²) in [4.78, 5) is 63.3. The van der Waals surface area contributed by atoms with Crippen molar-refractivity contribution in [1.29, 1.82) is 0 Å². The zero-order valence-electron chi connectivity index (χ0n) is 18.0. The lowest BCUT2D eigenvalue weighted by atomic mass is 9.81. The van der Waals surface area contributed by atoms with E-state index in [0.29, 0.717) is 12.8 Å². The van der Waals surface area contributed by atoms with Crippen LogP contribution in [0.2, 0.25) is 0 Å². The van der Waals surface area contributed by atoms with Crippen LogP contribution >= 0.6 is 31.9 Å². The van der Waals surface area contributed by atoms with Crippen LogP contribution in [0.3, 0.4) is 0 Å². The smallest absolute Gasteiger partial charge is 0.273 e. The van der Waals surface area contributed by atoms with Gasteiger partial charge in [-0.3, -0.25) is 29.3 Å². The van der Waals surface area contributed by atoms with Gasteiger partial charge in [0.2, 0.25) is 0 Å². The largest absolute Gasteiger partial charge is 0.292 e. The van der Waals surface area contributed by atoms with Crippen molar-refractivity contribution in [3.05, 3.63) is 75.6 Å². The Labute approximate surface area is 215 Å². The van der Waals surface area contributed by atoms with Crippen molar-refractivity contribution in [2.75, 3.05) is 6.54 Å². The number of halogens is 3.